The van der Waals surface area contributed by atoms with Gasteiger partial charge in [-0.2, -0.15) is 0 Å². The van der Waals surface area contributed by atoms with Crippen molar-refractivity contribution in [2.24, 2.45) is 0 Å². The van der Waals surface area contributed by atoms with Gasteiger partial charge in [0, 0.05) is 25.1 Å². The molecule has 1 N–H and O–H groups in total. The molecule has 3 rings (SSSR count). The number of nitrogens with zero attached hydrogens (tertiary/aromatic N) is 1. The molecule has 1 aliphatic heterocycles. The van der Waals surface area contributed by atoms with Gasteiger partial charge in [0.15, 0.2) is 0 Å². The number of pyridine rings is 1. The highest BCUT2D eigenvalue weighted by Gasteiger charge is 2.16. The van der Waals surface area contributed by atoms with Crippen molar-refractivity contribution >= 4 is 16.8 Å². The molecule has 1 aromatic carbocycles. The summed E-state index contributed by atoms with van der Waals surface area (Å²) in [5, 5.41) is 1.03. The Morgan fingerprint density at radius 2 is 1.91 bits per heavy atom. The average molecular weight is 312 g/mol. The Morgan fingerprint density at radius 3 is 2.65 bits per heavy atom. The summed E-state index contributed by atoms with van der Waals surface area (Å²) in [4.78, 5) is 29.5. The predicted octanol–water partition coefficient (Wildman–Crippen LogP) is 3.17. The van der Waals surface area contributed by atoms with E-state index in [2.05, 4.69) is 4.98 Å². The van der Waals surface area contributed by atoms with Crippen LogP contribution in [0.25, 0.3) is 10.9 Å². The molecular formula is C19H24N2O2. The fraction of sp³-hybridized carbons (Fsp3) is 0.474. The third-order valence-electron chi connectivity index (χ3n) is 4.73. The molecule has 122 valence electrons. The molecule has 23 heavy (non-hydrogen) atoms. The van der Waals surface area contributed by atoms with Crippen LogP contribution in [0.2, 0.25) is 0 Å². The zero-order valence-electron chi connectivity index (χ0n) is 13.7. The Kier molecular flexibility index (Phi) is 4.79. The standard InChI is InChI=1S/C19H24N2O2/c1-14-7-6-8-15-13-16(19(23)20-18(14)15)9-10-17(22)21-11-4-2-3-5-12-21/h6-8,13H,2-5,9-12H2,1H3,(H,20,23). The largest absolute Gasteiger partial charge is 0.343 e. The van der Waals surface area contributed by atoms with E-state index < -0.39 is 0 Å². The van der Waals surface area contributed by atoms with Crippen molar-refractivity contribution in [3.05, 3.63) is 45.7 Å². The van der Waals surface area contributed by atoms with E-state index in [1.165, 1.54) is 12.8 Å². The number of fused-ring (bicyclic) bond motifs is 1. The molecule has 0 unspecified atom stereocenters. The van der Waals surface area contributed by atoms with E-state index in [0.29, 0.717) is 18.4 Å². The summed E-state index contributed by atoms with van der Waals surface area (Å²) in [6.07, 6.45) is 5.55. The molecule has 4 heteroatoms. The second kappa shape index (κ2) is 6.99. The third-order valence-corrected chi connectivity index (χ3v) is 4.73. The van der Waals surface area contributed by atoms with Gasteiger partial charge >= 0.3 is 0 Å². The second-order valence-corrected chi connectivity index (χ2v) is 6.46. The number of hydrogen-bond donors (Lipinski definition) is 1. The molecule has 0 radical (unpaired) electrons. The van der Waals surface area contributed by atoms with Gasteiger partial charge in [0.1, 0.15) is 0 Å². The summed E-state index contributed by atoms with van der Waals surface area (Å²) in [5.74, 6) is 0.177. The van der Waals surface area contributed by atoms with Crippen LogP contribution in [0.3, 0.4) is 0 Å². The highest BCUT2D eigenvalue weighted by molar-refractivity contribution is 5.82. The van der Waals surface area contributed by atoms with Gasteiger partial charge in [-0.15, -0.1) is 0 Å². The SMILES string of the molecule is Cc1cccc2cc(CCC(=O)N3CCCCCC3)c(=O)[nH]c12. The Labute approximate surface area is 136 Å². The molecule has 1 aliphatic rings. The van der Waals surface area contributed by atoms with Crippen LogP contribution in [0, 0.1) is 6.92 Å². The summed E-state index contributed by atoms with van der Waals surface area (Å²) in [7, 11) is 0. The molecule has 2 aromatic rings. The van der Waals surface area contributed by atoms with Crippen LogP contribution in [0.5, 0.6) is 0 Å². The maximum absolute atomic E-state index is 12.4. The zero-order chi connectivity index (χ0) is 16.2. The summed E-state index contributed by atoms with van der Waals surface area (Å²) in [6.45, 7) is 3.72. The van der Waals surface area contributed by atoms with Gasteiger partial charge in [0.2, 0.25) is 5.91 Å². The smallest absolute Gasteiger partial charge is 0.251 e. The first-order valence-corrected chi connectivity index (χ1v) is 8.54. The number of aryl methyl sites for hydroxylation is 2. The lowest BCUT2D eigenvalue weighted by Gasteiger charge is -2.20. The minimum absolute atomic E-state index is 0.0736. The first-order valence-electron chi connectivity index (χ1n) is 8.54. The highest BCUT2D eigenvalue weighted by atomic mass is 16.2. The topological polar surface area (TPSA) is 53.2 Å². The van der Waals surface area contributed by atoms with Crippen LogP contribution in [0.15, 0.2) is 29.1 Å². The number of carbonyl (C=O) groups is 1. The highest BCUT2D eigenvalue weighted by Crippen LogP contribution is 2.16. The molecule has 1 fully saturated rings. The quantitative estimate of drug-likeness (QED) is 0.946. The van der Waals surface area contributed by atoms with Crippen molar-refractivity contribution in [1.29, 1.82) is 0 Å². The number of aromatic amines is 1. The van der Waals surface area contributed by atoms with Gasteiger partial charge in [0.05, 0.1) is 5.52 Å². The van der Waals surface area contributed by atoms with Crippen LogP contribution in [-0.2, 0) is 11.2 Å². The summed E-state index contributed by atoms with van der Waals surface area (Å²) >= 11 is 0. The molecule has 0 atom stereocenters. The Bertz CT molecular complexity index is 756. The first-order chi connectivity index (χ1) is 11.1. The average Bonchev–Trinajstić information content (AvgIpc) is 2.83. The van der Waals surface area contributed by atoms with Crippen LogP contribution in [-0.4, -0.2) is 28.9 Å². The van der Waals surface area contributed by atoms with Gasteiger partial charge in [-0.05, 0) is 43.2 Å². The van der Waals surface area contributed by atoms with Crippen LogP contribution < -0.4 is 5.56 Å². The van der Waals surface area contributed by atoms with Gasteiger partial charge in [-0.25, -0.2) is 0 Å². The zero-order valence-corrected chi connectivity index (χ0v) is 13.7. The van der Waals surface area contributed by atoms with E-state index in [9.17, 15) is 9.59 Å². The number of para-hydroxylation sites is 1. The van der Waals surface area contributed by atoms with E-state index in [1.807, 2.05) is 36.1 Å². The van der Waals surface area contributed by atoms with Crippen molar-refractivity contribution < 1.29 is 4.79 Å². The summed E-state index contributed by atoms with van der Waals surface area (Å²) < 4.78 is 0. The number of hydrogen-bond acceptors (Lipinski definition) is 2. The van der Waals surface area contributed by atoms with Gasteiger partial charge in [-0.3, -0.25) is 9.59 Å². The minimum atomic E-state index is -0.0736. The molecule has 1 saturated heterocycles. The molecule has 0 aliphatic carbocycles. The molecular weight excluding hydrogens is 288 g/mol. The lowest BCUT2D eigenvalue weighted by molar-refractivity contribution is -0.131. The summed E-state index contributed by atoms with van der Waals surface area (Å²) in [6, 6.07) is 7.90. The van der Waals surface area contributed by atoms with Crippen LogP contribution in [0.4, 0.5) is 0 Å². The van der Waals surface area contributed by atoms with E-state index in [0.717, 1.165) is 42.4 Å². The predicted molar refractivity (Wildman–Crippen MR) is 92.7 cm³/mol. The lowest BCUT2D eigenvalue weighted by Crippen LogP contribution is -2.32. The van der Waals surface area contributed by atoms with Crippen molar-refractivity contribution in [1.82, 2.24) is 9.88 Å². The van der Waals surface area contributed by atoms with Crippen molar-refractivity contribution in [3.8, 4) is 0 Å². The minimum Gasteiger partial charge on any atom is -0.343 e. The number of nitrogens with one attached hydrogen (secondary N) is 1. The lowest BCUT2D eigenvalue weighted by atomic mass is 10.1. The van der Waals surface area contributed by atoms with Crippen molar-refractivity contribution in [3.63, 3.8) is 0 Å². The number of carbonyl (C=O) groups excluding carboxylic acids is 1. The second-order valence-electron chi connectivity index (χ2n) is 6.46. The van der Waals surface area contributed by atoms with E-state index >= 15 is 0 Å². The van der Waals surface area contributed by atoms with Crippen LogP contribution in [0.1, 0.15) is 43.2 Å². The Morgan fingerprint density at radius 1 is 1.17 bits per heavy atom. The Hall–Kier alpha value is -2.10. The van der Waals surface area contributed by atoms with Crippen molar-refractivity contribution in [2.75, 3.05) is 13.1 Å². The van der Waals surface area contributed by atoms with Gasteiger partial charge in [0.25, 0.3) is 5.56 Å². The number of H-pyrrole nitrogens is 1. The summed E-state index contributed by atoms with van der Waals surface area (Å²) in [5.41, 5.74) is 2.58. The third kappa shape index (κ3) is 3.63. The fourth-order valence-corrected chi connectivity index (χ4v) is 3.33. The molecule has 1 aromatic heterocycles. The van der Waals surface area contributed by atoms with Gasteiger partial charge in [-0.1, -0.05) is 31.0 Å². The molecule has 0 bridgehead atoms. The normalized spacial score (nSPS) is 15.6. The molecule has 4 nitrogen and oxygen atoms in total. The molecule has 2 heterocycles. The first kappa shape index (κ1) is 15.8. The monoisotopic (exact) mass is 312 g/mol. The van der Waals surface area contributed by atoms with Gasteiger partial charge < -0.3 is 9.88 Å². The number of rotatable bonds is 3. The number of aromatic nitrogens is 1. The maximum atomic E-state index is 12.4. The maximum Gasteiger partial charge on any atom is 0.251 e. The van der Waals surface area contributed by atoms with E-state index in [1.54, 1.807) is 0 Å². The molecule has 0 spiro atoms. The number of amides is 1. The number of likely N-dealkylation sites (tertiary alicyclic amines) is 1. The van der Waals surface area contributed by atoms with Crippen molar-refractivity contribution in [2.45, 2.75) is 45.4 Å². The molecule has 1 amide bonds. The fourth-order valence-electron chi connectivity index (χ4n) is 3.33. The van der Waals surface area contributed by atoms with Crippen LogP contribution >= 0.6 is 0 Å². The molecule has 0 saturated carbocycles. The van der Waals surface area contributed by atoms with E-state index in [4.69, 9.17) is 0 Å². The van der Waals surface area contributed by atoms with E-state index in [-0.39, 0.29) is 11.5 Å². The Balaban J connectivity index is 1.72. The number of benzene rings is 1.